The molecule has 3 rings (SSSR count). The second kappa shape index (κ2) is 8.89. The van der Waals surface area contributed by atoms with Gasteiger partial charge in [-0.25, -0.2) is 12.8 Å². The maximum absolute atomic E-state index is 13.4. The molecule has 0 aliphatic rings. The molecule has 0 radical (unpaired) electrons. The van der Waals surface area contributed by atoms with Crippen LogP contribution in [-0.2, 0) is 16.6 Å². The van der Waals surface area contributed by atoms with E-state index < -0.39 is 10.0 Å². The van der Waals surface area contributed by atoms with Crippen molar-refractivity contribution in [3.63, 3.8) is 0 Å². The fourth-order valence-corrected chi connectivity index (χ4v) is 4.60. The van der Waals surface area contributed by atoms with Gasteiger partial charge in [-0.2, -0.15) is 0 Å². The Hall–Kier alpha value is -3.19. The lowest BCUT2D eigenvalue weighted by molar-refractivity contribution is 0.0785. The van der Waals surface area contributed by atoms with Crippen molar-refractivity contribution in [3.05, 3.63) is 94.8 Å². The largest absolute Gasteiger partial charge is 0.337 e. The number of hydrogen-bond donors (Lipinski definition) is 0. The zero-order valence-electron chi connectivity index (χ0n) is 18.0. The zero-order valence-corrected chi connectivity index (χ0v) is 18.8. The number of rotatable bonds is 6. The first kappa shape index (κ1) is 22.5. The molecule has 0 heterocycles. The third kappa shape index (κ3) is 4.94. The Labute approximate surface area is 182 Å². The van der Waals surface area contributed by atoms with Crippen molar-refractivity contribution >= 4 is 21.6 Å². The molecule has 0 spiro atoms. The van der Waals surface area contributed by atoms with Crippen molar-refractivity contribution in [1.82, 2.24) is 4.90 Å². The van der Waals surface area contributed by atoms with Gasteiger partial charge in [-0.3, -0.25) is 9.10 Å². The minimum absolute atomic E-state index is 0.204. The maximum Gasteiger partial charge on any atom is 0.264 e. The summed E-state index contributed by atoms with van der Waals surface area (Å²) in [5, 5.41) is 0. The first-order valence-electron chi connectivity index (χ1n) is 9.76. The quantitative estimate of drug-likeness (QED) is 0.566. The predicted octanol–water partition coefficient (Wildman–Crippen LogP) is 4.54. The van der Waals surface area contributed by atoms with E-state index in [2.05, 4.69) is 0 Å². The van der Waals surface area contributed by atoms with E-state index >= 15 is 0 Å². The molecule has 162 valence electrons. The summed E-state index contributed by atoms with van der Waals surface area (Å²) in [6.07, 6.45) is 0. The Bertz CT molecular complexity index is 1210. The third-order valence-corrected chi connectivity index (χ3v) is 6.90. The first-order chi connectivity index (χ1) is 14.6. The average Bonchev–Trinajstić information content (AvgIpc) is 2.73. The van der Waals surface area contributed by atoms with Crippen LogP contribution in [0, 0.1) is 19.7 Å². The number of carbonyl (C=O) groups excluding carboxylic acids is 1. The van der Waals surface area contributed by atoms with Gasteiger partial charge in [-0.1, -0.05) is 29.8 Å². The SMILES string of the molecule is Cc1ccc(S(=O)(=O)N(C)c2ccc(C(=O)N(C)Cc3cccc(F)c3)cc2C)cc1. The van der Waals surface area contributed by atoms with Crippen molar-refractivity contribution in [2.45, 2.75) is 25.3 Å². The molecule has 0 aliphatic carbocycles. The molecule has 0 aliphatic heterocycles. The lowest BCUT2D eigenvalue weighted by Gasteiger charge is -2.23. The number of nitrogens with zero attached hydrogens (tertiary/aromatic N) is 2. The number of carbonyl (C=O) groups is 1. The summed E-state index contributed by atoms with van der Waals surface area (Å²) in [7, 11) is -0.585. The molecule has 3 aromatic carbocycles. The molecular weight excluding hydrogens is 415 g/mol. The number of hydrogen-bond acceptors (Lipinski definition) is 3. The van der Waals surface area contributed by atoms with E-state index in [1.807, 2.05) is 6.92 Å². The average molecular weight is 441 g/mol. The number of anilines is 1. The van der Waals surface area contributed by atoms with Crippen LogP contribution in [0.5, 0.6) is 0 Å². The van der Waals surface area contributed by atoms with Crippen molar-refractivity contribution in [3.8, 4) is 0 Å². The van der Waals surface area contributed by atoms with Crippen LogP contribution in [0.15, 0.2) is 71.6 Å². The topological polar surface area (TPSA) is 57.7 Å². The van der Waals surface area contributed by atoms with Gasteiger partial charge in [-0.05, 0) is 67.4 Å². The van der Waals surface area contributed by atoms with E-state index in [4.69, 9.17) is 0 Å². The van der Waals surface area contributed by atoms with E-state index in [0.717, 1.165) is 5.56 Å². The summed E-state index contributed by atoms with van der Waals surface area (Å²) in [5.41, 5.74) is 3.24. The Morgan fingerprint density at radius 2 is 1.61 bits per heavy atom. The number of benzene rings is 3. The lowest BCUT2D eigenvalue weighted by atomic mass is 10.1. The highest BCUT2D eigenvalue weighted by molar-refractivity contribution is 7.92. The zero-order chi connectivity index (χ0) is 22.8. The Morgan fingerprint density at radius 1 is 0.935 bits per heavy atom. The Balaban J connectivity index is 1.81. The summed E-state index contributed by atoms with van der Waals surface area (Å²) >= 11 is 0. The van der Waals surface area contributed by atoms with Crippen LogP contribution >= 0.6 is 0 Å². The smallest absolute Gasteiger partial charge is 0.264 e. The minimum Gasteiger partial charge on any atom is -0.337 e. The third-order valence-electron chi connectivity index (χ3n) is 5.12. The standard InChI is InChI=1S/C24H25FN2O3S/c1-17-8-11-22(12-9-17)31(29,30)27(4)23-13-10-20(14-18(23)2)24(28)26(3)16-19-6-5-7-21(25)15-19/h5-15H,16H2,1-4H3. The highest BCUT2D eigenvalue weighted by Crippen LogP contribution is 2.27. The van der Waals surface area contributed by atoms with Gasteiger partial charge in [0.2, 0.25) is 0 Å². The number of halogens is 1. The summed E-state index contributed by atoms with van der Waals surface area (Å²) in [5.74, 6) is -0.584. The predicted molar refractivity (Wildman–Crippen MR) is 120 cm³/mol. The summed E-state index contributed by atoms with van der Waals surface area (Å²) < 4.78 is 40.6. The molecule has 0 unspecified atom stereocenters. The van der Waals surface area contributed by atoms with E-state index in [9.17, 15) is 17.6 Å². The van der Waals surface area contributed by atoms with Gasteiger partial charge in [0.15, 0.2) is 0 Å². The second-order valence-corrected chi connectivity index (χ2v) is 9.55. The minimum atomic E-state index is -3.72. The van der Waals surface area contributed by atoms with Crippen LogP contribution in [0.4, 0.5) is 10.1 Å². The van der Waals surface area contributed by atoms with E-state index in [-0.39, 0.29) is 23.2 Å². The monoisotopic (exact) mass is 440 g/mol. The molecule has 0 atom stereocenters. The molecule has 31 heavy (non-hydrogen) atoms. The molecule has 3 aromatic rings. The van der Waals surface area contributed by atoms with Gasteiger partial charge < -0.3 is 4.90 Å². The van der Waals surface area contributed by atoms with Gasteiger partial charge >= 0.3 is 0 Å². The molecular formula is C24H25FN2O3S. The fraction of sp³-hybridized carbons (Fsp3) is 0.208. The van der Waals surface area contributed by atoms with Crippen LogP contribution in [0.2, 0.25) is 0 Å². The van der Waals surface area contributed by atoms with E-state index in [1.54, 1.807) is 68.6 Å². The second-order valence-electron chi connectivity index (χ2n) is 7.58. The van der Waals surface area contributed by atoms with E-state index in [1.165, 1.54) is 28.4 Å². The normalized spacial score (nSPS) is 11.3. The molecule has 0 fully saturated rings. The van der Waals surface area contributed by atoms with Gasteiger partial charge in [0.1, 0.15) is 5.82 Å². The van der Waals surface area contributed by atoms with Crippen LogP contribution in [0.3, 0.4) is 0 Å². The molecule has 0 saturated carbocycles. The van der Waals surface area contributed by atoms with Crippen molar-refractivity contribution in [2.75, 3.05) is 18.4 Å². The van der Waals surface area contributed by atoms with E-state index in [0.29, 0.717) is 22.4 Å². The summed E-state index contributed by atoms with van der Waals surface area (Å²) in [6, 6.07) is 17.7. The molecule has 7 heteroatoms. The maximum atomic E-state index is 13.4. The molecule has 1 amide bonds. The molecule has 0 saturated heterocycles. The van der Waals surface area contributed by atoms with Crippen molar-refractivity contribution in [2.24, 2.45) is 0 Å². The van der Waals surface area contributed by atoms with Crippen molar-refractivity contribution in [1.29, 1.82) is 0 Å². The van der Waals surface area contributed by atoms with Crippen molar-refractivity contribution < 1.29 is 17.6 Å². The summed E-state index contributed by atoms with van der Waals surface area (Å²) in [4.78, 5) is 14.5. The van der Waals surface area contributed by atoms with Gasteiger partial charge in [-0.15, -0.1) is 0 Å². The highest BCUT2D eigenvalue weighted by Gasteiger charge is 2.23. The molecule has 0 bridgehead atoms. The van der Waals surface area contributed by atoms with Crippen LogP contribution in [0.25, 0.3) is 0 Å². The Kier molecular flexibility index (Phi) is 6.45. The van der Waals surface area contributed by atoms with Crippen LogP contribution in [0.1, 0.15) is 27.0 Å². The fourth-order valence-electron chi connectivity index (χ4n) is 3.34. The van der Waals surface area contributed by atoms with Gasteiger partial charge in [0, 0.05) is 26.2 Å². The first-order valence-corrected chi connectivity index (χ1v) is 11.2. The molecule has 0 aromatic heterocycles. The Morgan fingerprint density at radius 3 is 2.23 bits per heavy atom. The van der Waals surface area contributed by atoms with Crippen LogP contribution in [-0.4, -0.2) is 33.3 Å². The number of amides is 1. The lowest BCUT2D eigenvalue weighted by Crippen LogP contribution is -2.28. The number of sulfonamides is 1. The van der Waals surface area contributed by atoms with Gasteiger partial charge in [0.05, 0.1) is 10.6 Å². The highest BCUT2D eigenvalue weighted by atomic mass is 32.2. The van der Waals surface area contributed by atoms with Gasteiger partial charge in [0.25, 0.3) is 15.9 Å². The molecule has 5 nitrogen and oxygen atoms in total. The van der Waals surface area contributed by atoms with Crippen LogP contribution < -0.4 is 4.31 Å². The summed E-state index contributed by atoms with van der Waals surface area (Å²) in [6.45, 7) is 3.92. The molecule has 0 N–H and O–H groups in total. The number of aryl methyl sites for hydroxylation is 2.